The van der Waals surface area contributed by atoms with Crippen molar-refractivity contribution in [2.24, 2.45) is 0 Å². The predicted molar refractivity (Wildman–Crippen MR) is 62.6 cm³/mol. The van der Waals surface area contributed by atoms with E-state index in [0.29, 0.717) is 10.2 Å². The molecule has 1 aromatic rings. The van der Waals surface area contributed by atoms with Gasteiger partial charge in [0.05, 0.1) is 19.2 Å². The average Bonchev–Trinajstić information content (AvgIpc) is 2.80. The fourth-order valence-corrected chi connectivity index (χ4v) is 2.57. The van der Waals surface area contributed by atoms with Crippen LogP contribution in [0.15, 0.2) is 15.2 Å². The SMILES string of the molecule is Cc1cc(Br)oc1C(=O)N1C[C@@H](F)C[C@H]1CO. The Morgan fingerprint density at radius 2 is 2.47 bits per heavy atom. The minimum atomic E-state index is -1.07. The van der Waals surface area contributed by atoms with E-state index in [4.69, 9.17) is 9.52 Å². The second-order valence-electron chi connectivity index (χ2n) is 4.19. The van der Waals surface area contributed by atoms with Gasteiger partial charge in [0.15, 0.2) is 10.4 Å². The fourth-order valence-electron chi connectivity index (χ4n) is 2.07. The molecule has 4 nitrogen and oxygen atoms in total. The highest BCUT2D eigenvalue weighted by atomic mass is 79.9. The molecule has 6 heteroatoms. The van der Waals surface area contributed by atoms with Crippen LogP contribution in [0.2, 0.25) is 0 Å². The zero-order valence-electron chi connectivity index (χ0n) is 9.32. The van der Waals surface area contributed by atoms with Gasteiger partial charge in [-0.25, -0.2) is 4.39 Å². The quantitative estimate of drug-likeness (QED) is 0.908. The number of amides is 1. The van der Waals surface area contributed by atoms with E-state index in [9.17, 15) is 9.18 Å². The van der Waals surface area contributed by atoms with E-state index >= 15 is 0 Å². The largest absolute Gasteiger partial charge is 0.444 e. The molecular formula is C11H13BrFNO3. The Kier molecular flexibility index (Phi) is 3.53. The summed E-state index contributed by atoms with van der Waals surface area (Å²) in [6.07, 6.45) is -0.891. The molecule has 0 saturated carbocycles. The van der Waals surface area contributed by atoms with Crippen LogP contribution < -0.4 is 0 Å². The average molecular weight is 306 g/mol. The number of halogens is 2. The highest BCUT2D eigenvalue weighted by molar-refractivity contribution is 9.10. The van der Waals surface area contributed by atoms with Crippen LogP contribution in [0.5, 0.6) is 0 Å². The van der Waals surface area contributed by atoms with Crippen LogP contribution in [0.25, 0.3) is 0 Å². The molecule has 1 fully saturated rings. The summed E-state index contributed by atoms with van der Waals surface area (Å²) in [4.78, 5) is 13.5. The lowest BCUT2D eigenvalue weighted by atomic mass is 10.2. The summed E-state index contributed by atoms with van der Waals surface area (Å²) in [5, 5.41) is 9.12. The third-order valence-electron chi connectivity index (χ3n) is 2.92. The second kappa shape index (κ2) is 4.78. The molecule has 0 unspecified atom stereocenters. The van der Waals surface area contributed by atoms with E-state index < -0.39 is 12.2 Å². The molecular weight excluding hydrogens is 293 g/mol. The summed E-state index contributed by atoms with van der Waals surface area (Å²) in [5.74, 6) is -0.170. The molecule has 1 saturated heterocycles. The van der Waals surface area contributed by atoms with Crippen LogP contribution in [0.4, 0.5) is 4.39 Å². The van der Waals surface area contributed by atoms with Gasteiger partial charge in [-0.3, -0.25) is 4.79 Å². The van der Waals surface area contributed by atoms with Gasteiger partial charge in [0.25, 0.3) is 5.91 Å². The summed E-state index contributed by atoms with van der Waals surface area (Å²) in [6.45, 7) is 1.54. The first kappa shape index (κ1) is 12.6. The molecule has 0 bridgehead atoms. The number of carbonyl (C=O) groups is 1. The molecule has 0 aliphatic carbocycles. The highest BCUT2D eigenvalue weighted by Gasteiger charge is 2.36. The number of aryl methyl sites for hydroxylation is 1. The third-order valence-corrected chi connectivity index (χ3v) is 3.31. The Balaban J connectivity index is 2.22. The molecule has 17 heavy (non-hydrogen) atoms. The van der Waals surface area contributed by atoms with E-state index in [0.717, 1.165) is 0 Å². The molecule has 0 spiro atoms. The number of rotatable bonds is 2. The summed E-state index contributed by atoms with van der Waals surface area (Å²) in [7, 11) is 0. The van der Waals surface area contributed by atoms with Crippen LogP contribution in [-0.4, -0.2) is 41.3 Å². The minimum absolute atomic E-state index is 0.0157. The number of alkyl halides is 1. The Labute approximate surface area is 107 Å². The molecule has 0 aromatic carbocycles. The molecule has 0 radical (unpaired) electrons. The second-order valence-corrected chi connectivity index (χ2v) is 4.97. The molecule has 2 rings (SSSR count). The molecule has 1 aromatic heterocycles. The minimum Gasteiger partial charge on any atom is -0.444 e. The van der Waals surface area contributed by atoms with Gasteiger partial charge < -0.3 is 14.4 Å². The van der Waals surface area contributed by atoms with Gasteiger partial charge in [-0.05, 0) is 28.9 Å². The van der Waals surface area contributed by atoms with Gasteiger partial charge in [-0.1, -0.05) is 0 Å². The first-order valence-electron chi connectivity index (χ1n) is 5.34. The lowest BCUT2D eigenvalue weighted by Crippen LogP contribution is -2.37. The maximum atomic E-state index is 13.2. The topological polar surface area (TPSA) is 53.7 Å². The summed E-state index contributed by atoms with van der Waals surface area (Å²) in [6, 6.07) is 1.23. The van der Waals surface area contributed by atoms with Gasteiger partial charge in [0.1, 0.15) is 6.17 Å². The maximum Gasteiger partial charge on any atom is 0.290 e. The van der Waals surface area contributed by atoms with Crippen molar-refractivity contribution < 1.29 is 18.7 Å². The van der Waals surface area contributed by atoms with E-state index in [1.54, 1.807) is 13.0 Å². The number of hydrogen-bond acceptors (Lipinski definition) is 3. The third kappa shape index (κ3) is 2.37. The van der Waals surface area contributed by atoms with Crippen molar-refractivity contribution in [3.05, 3.63) is 22.1 Å². The molecule has 94 valence electrons. The lowest BCUT2D eigenvalue weighted by molar-refractivity contribution is 0.0639. The van der Waals surface area contributed by atoms with Gasteiger partial charge in [-0.2, -0.15) is 0 Å². The maximum absolute atomic E-state index is 13.2. The standard InChI is InChI=1S/C11H13BrFNO3/c1-6-2-9(12)17-10(6)11(16)14-4-7(13)3-8(14)5-15/h2,7-8,15H,3-5H2,1H3/t7-,8-/m0/s1. The van der Waals surface area contributed by atoms with Gasteiger partial charge in [-0.15, -0.1) is 0 Å². The normalized spacial score (nSPS) is 24.4. The fraction of sp³-hybridized carbons (Fsp3) is 0.545. The van der Waals surface area contributed by atoms with Crippen molar-refractivity contribution in [3.63, 3.8) is 0 Å². The van der Waals surface area contributed by atoms with Crippen LogP contribution in [0.3, 0.4) is 0 Å². The zero-order chi connectivity index (χ0) is 12.6. The predicted octanol–water partition coefficient (Wildman–Crippen LogP) is 1.90. The van der Waals surface area contributed by atoms with Crippen LogP contribution in [-0.2, 0) is 0 Å². The van der Waals surface area contributed by atoms with Crippen molar-refractivity contribution >= 4 is 21.8 Å². The van der Waals surface area contributed by atoms with Crippen molar-refractivity contribution in [1.82, 2.24) is 4.90 Å². The number of aliphatic hydroxyl groups excluding tert-OH is 1. The van der Waals surface area contributed by atoms with Crippen LogP contribution in [0.1, 0.15) is 22.5 Å². The first-order chi connectivity index (χ1) is 8.02. The van der Waals surface area contributed by atoms with Crippen molar-refractivity contribution in [2.45, 2.75) is 25.6 Å². The Morgan fingerprint density at radius 3 is 3.00 bits per heavy atom. The number of nitrogens with zero attached hydrogens (tertiary/aromatic N) is 1. The van der Waals surface area contributed by atoms with Gasteiger partial charge in [0, 0.05) is 12.0 Å². The van der Waals surface area contributed by atoms with E-state index in [1.165, 1.54) is 4.90 Å². The van der Waals surface area contributed by atoms with E-state index in [1.807, 2.05) is 0 Å². The van der Waals surface area contributed by atoms with Gasteiger partial charge in [0.2, 0.25) is 0 Å². The molecule has 1 aliphatic rings. The summed E-state index contributed by atoms with van der Waals surface area (Å²) >= 11 is 3.14. The van der Waals surface area contributed by atoms with Crippen LogP contribution >= 0.6 is 15.9 Å². The van der Waals surface area contributed by atoms with E-state index in [2.05, 4.69) is 15.9 Å². The Morgan fingerprint density at radius 1 is 1.76 bits per heavy atom. The number of carbonyl (C=O) groups excluding carboxylic acids is 1. The highest BCUT2D eigenvalue weighted by Crippen LogP contribution is 2.26. The molecule has 1 amide bonds. The lowest BCUT2D eigenvalue weighted by Gasteiger charge is -2.21. The number of aliphatic hydroxyl groups is 1. The summed E-state index contributed by atoms with van der Waals surface area (Å²) < 4.78 is 19.0. The molecule has 2 heterocycles. The summed E-state index contributed by atoms with van der Waals surface area (Å²) in [5.41, 5.74) is 0.695. The van der Waals surface area contributed by atoms with E-state index in [-0.39, 0.29) is 31.2 Å². The van der Waals surface area contributed by atoms with Crippen molar-refractivity contribution in [1.29, 1.82) is 0 Å². The molecule has 1 aliphatic heterocycles. The Hall–Kier alpha value is -0.880. The molecule has 1 N–H and O–H groups in total. The zero-order valence-corrected chi connectivity index (χ0v) is 10.9. The number of likely N-dealkylation sites (tertiary alicyclic amines) is 1. The van der Waals surface area contributed by atoms with Gasteiger partial charge >= 0.3 is 0 Å². The van der Waals surface area contributed by atoms with Crippen molar-refractivity contribution in [2.75, 3.05) is 13.2 Å². The monoisotopic (exact) mass is 305 g/mol. The number of hydrogen-bond donors (Lipinski definition) is 1. The molecule has 2 atom stereocenters. The smallest absolute Gasteiger partial charge is 0.290 e. The number of furan rings is 1. The van der Waals surface area contributed by atoms with Crippen molar-refractivity contribution in [3.8, 4) is 0 Å². The Bertz CT molecular complexity index is 434. The first-order valence-corrected chi connectivity index (χ1v) is 6.14. The van der Waals surface area contributed by atoms with Crippen LogP contribution in [0, 0.1) is 6.92 Å².